The zero-order valence-corrected chi connectivity index (χ0v) is 12.3. The molecule has 106 valence electrons. The van der Waals surface area contributed by atoms with Gasteiger partial charge in [-0.1, -0.05) is 17.7 Å². The Bertz CT molecular complexity index is 570. The van der Waals surface area contributed by atoms with Crippen LogP contribution >= 0.6 is 0 Å². The van der Waals surface area contributed by atoms with Crippen molar-refractivity contribution >= 4 is 16.0 Å². The molecule has 1 rings (SSSR count). The van der Waals surface area contributed by atoms with Crippen molar-refractivity contribution in [2.75, 3.05) is 0 Å². The summed E-state index contributed by atoms with van der Waals surface area (Å²) in [6.07, 6.45) is -0.247. The Morgan fingerprint density at radius 1 is 1.26 bits per heavy atom. The molecule has 0 heterocycles. The minimum absolute atomic E-state index is 0.232. The molecule has 0 aliphatic heterocycles. The number of hydrogen-bond donors (Lipinski definition) is 2. The van der Waals surface area contributed by atoms with E-state index in [1.807, 2.05) is 6.92 Å². The minimum Gasteiger partial charge on any atom is -0.481 e. The summed E-state index contributed by atoms with van der Waals surface area (Å²) in [6.45, 7) is 6.90. The Balaban J connectivity index is 3.11. The van der Waals surface area contributed by atoms with Crippen LogP contribution in [-0.4, -0.2) is 25.5 Å². The molecule has 1 aromatic rings. The van der Waals surface area contributed by atoms with Gasteiger partial charge in [-0.2, -0.15) is 0 Å². The number of benzene rings is 1. The lowest BCUT2D eigenvalue weighted by molar-refractivity contribution is -0.137. The Labute approximate surface area is 113 Å². The summed E-state index contributed by atoms with van der Waals surface area (Å²) >= 11 is 0. The second-order valence-electron chi connectivity index (χ2n) is 4.85. The van der Waals surface area contributed by atoms with E-state index in [0.29, 0.717) is 11.1 Å². The standard InChI is InChI=1S/C13H19NO4S/c1-8-5-9(2)13(10(3)6-8)19(17,18)14-11(4)7-12(15)16/h5-6,11,14H,7H2,1-4H3,(H,15,16). The van der Waals surface area contributed by atoms with Crippen molar-refractivity contribution in [2.24, 2.45) is 0 Å². The average molecular weight is 285 g/mol. The van der Waals surface area contributed by atoms with Crippen molar-refractivity contribution in [1.29, 1.82) is 0 Å². The second kappa shape index (κ2) is 5.71. The van der Waals surface area contributed by atoms with Gasteiger partial charge >= 0.3 is 5.97 Å². The van der Waals surface area contributed by atoms with Crippen LogP contribution in [0.1, 0.15) is 30.0 Å². The first-order valence-electron chi connectivity index (χ1n) is 5.95. The zero-order chi connectivity index (χ0) is 14.8. The minimum atomic E-state index is -3.70. The molecule has 0 aliphatic carbocycles. The van der Waals surface area contributed by atoms with E-state index in [1.165, 1.54) is 6.92 Å². The van der Waals surface area contributed by atoms with E-state index >= 15 is 0 Å². The lowest BCUT2D eigenvalue weighted by Gasteiger charge is -2.16. The predicted octanol–water partition coefficient (Wildman–Crippen LogP) is 1.75. The molecule has 0 aliphatic rings. The molecular formula is C13H19NO4S. The predicted molar refractivity (Wildman–Crippen MR) is 72.7 cm³/mol. The van der Waals surface area contributed by atoms with Crippen LogP contribution in [0.3, 0.4) is 0 Å². The topological polar surface area (TPSA) is 83.5 Å². The van der Waals surface area contributed by atoms with E-state index in [-0.39, 0.29) is 11.3 Å². The van der Waals surface area contributed by atoms with Crippen LogP contribution < -0.4 is 4.72 Å². The van der Waals surface area contributed by atoms with E-state index < -0.39 is 22.0 Å². The van der Waals surface area contributed by atoms with Gasteiger partial charge in [-0.05, 0) is 38.8 Å². The van der Waals surface area contributed by atoms with Crippen LogP contribution in [0.2, 0.25) is 0 Å². The summed E-state index contributed by atoms with van der Waals surface area (Å²) in [7, 11) is -3.70. The molecular weight excluding hydrogens is 266 g/mol. The number of nitrogens with one attached hydrogen (secondary N) is 1. The highest BCUT2D eigenvalue weighted by atomic mass is 32.2. The fraction of sp³-hybridized carbons (Fsp3) is 0.462. The third kappa shape index (κ3) is 4.04. The Morgan fingerprint density at radius 3 is 2.16 bits per heavy atom. The van der Waals surface area contributed by atoms with Crippen molar-refractivity contribution in [3.05, 3.63) is 28.8 Å². The largest absolute Gasteiger partial charge is 0.481 e. The van der Waals surface area contributed by atoms with Gasteiger partial charge in [0.15, 0.2) is 0 Å². The van der Waals surface area contributed by atoms with Crippen LogP contribution in [0.15, 0.2) is 17.0 Å². The number of carboxylic acid groups (broad SMARTS) is 1. The Kier molecular flexibility index (Phi) is 4.70. The van der Waals surface area contributed by atoms with Crippen molar-refractivity contribution in [3.63, 3.8) is 0 Å². The van der Waals surface area contributed by atoms with Gasteiger partial charge in [-0.15, -0.1) is 0 Å². The maximum absolute atomic E-state index is 12.3. The molecule has 6 heteroatoms. The van der Waals surface area contributed by atoms with Crippen molar-refractivity contribution in [2.45, 2.75) is 45.1 Å². The van der Waals surface area contributed by atoms with Gasteiger partial charge in [0.05, 0.1) is 11.3 Å². The van der Waals surface area contributed by atoms with Crippen LogP contribution in [-0.2, 0) is 14.8 Å². The van der Waals surface area contributed by atoms with Gasteiger partial charge in [-0.3, -0.25) is 4.79 Å². The number of carbonyl (C=O) groups is 1. The summed E-state index contributed by atoms with van der Waals surface area (Å²) < 4.78 is 26.9. The Hall–Kier alpha value is -1.40. The number of hydrogen-bond acceptors (Lipinski definition) is 3. The highest BCUT2D eigenvalue weighted by Gasteiger charge is 2.22. The summed E-state index contributed by atoms with van der Waals surface area (Å²) in [5.74, 6) is -1.03. The highest BCUT2D eigenvalue weighted by Crippen LogP contribution is 2.21. The monoisotopic (exact) mass is 285 g/mol. The Morgan fingerprint density at radius 2 is 1.74 bits per heavy atom. The van der Waals surface area contributed by atoms with E-state index in [1.54, 1.807) is 26.0 Å². The molecule has 0 spiro atoms. The van der Waals surface area contributed by atoms with Gasteiger partial charge in [0.2, 0.25) is 10.0 Å². The molecule has 2 N–H and O–H groups in total. The van der Waals surface area contributed by atoms with E-state index in [9.17, 15) is 13.2 Å². The molecule has 1 unspecified atom stereocenters. The quantitative estimate of drug-likeness (QED) is 0.863. The van der Waals surface area contributed by atoms with E-state index in [0.717, 1.165) is 5.56 Å². The molecule has 0 radical (unpaired) electrons. The van der Waals surface area contributed by atoms with Crippen LogP contribution in [0.4, 0.5) is 0 Å². The third-order valence-electron chi connectivity index (χ3n) is 2.71. The summed E-state index contributed by atoms with van der Waals surface area (Å²) in [5.41, 5.74) is 2.31. The van der Waals surface area contributed by atoms with Crippen molar-refractivity contribution < 1.29 is 18.3 Å². The number of carboxylic acids is 1. The molecule has 1 atom stereocenters. The molecule has 0 bridgehead atoms. The van der Waals surface area contributed by atoms with Crippen LogP contribution in [0.25, 0.3) is 0 Å². The third-order valence-corrected chi connectivity index (χ3v) is 4.60. The first kappa shape index (κ1) is 15.7. The molecule has 0 aromatic heterocycles. The first-order chi connectivity index (χ1) is 8.63. The van der Waals surface area contributed by atoms with Gasteiger partial charge in [0.25, 0.3) is 0 Å². The fourth-order valence-electron chi connectivity index (χ4n) is 2.22. The smallest absolute Gasteiger partial charge is 0.304 e. The normalized spacial score (nSPS) is 13.3. The molecule has 1 aromatic carbocycles. The summed E-state index contributed by atoms with van der Waals surface area (Å²) in [5, 5.41) is 8.66. The molecule has 0 fully saturated rings. The lowest BCUT2D eigenvalue weighted by atomic mass is 10.1. The fourth-order valence-corrected chi connectivity index (χ4v) is 3.91. The van der Waals surface area contributed by atoms with E-state index in [4.69, 9.17) is 5.11 Å². The van der Waals surface area contributed by atoms with Gasteiger partial charge < -0.3 is 5.11 Å². The zero-order valence-electron chi connectivity index (χ0n) is 11.5. The SMILES string of the molecule is Cc1cc(C)c(S(=O)(=O)NC(C)CC(=O)O)c(C)c1. The van der Waals surface area contributed by atoms with Crippen molar-refractivity contribution in [1.82, 2.24) is 4.72 Å². The molecule has 0 saturated carbocycles. The molecule has 5 nitrogen and oxygen atoms in total. The highest BCUT2D eigenvalue weighted by molar-refractivity contribution is 7.89. The van der Waals surface area contributed by atoms with Crippen molar-refractivity contribution in [3.8, 4) is 0 Å². The lowest BCUT2D eigenvalue weighted by Crippen LogP contribution is -2.35. The summed E-state index contributed by atoms with van der Waals surface area (Å²) in [4.78, 5) is 10.8. The van der Waals surface area contributed by atoms with Gasteiger partial charge in [-0.25, -0.2) is 13.1 Å². The van der Waals surface area contributed by atoms with Crippen LogP contribution in [0.5, 0.6) is 0 Å². The number of aliphatic carboxylic acids is 1. The maximum atomic E-state index is 12.3. The van der Waals surface area contributed by atoms with E-state index in [2.05, 4.69) is 4.72 Å². The molecule has 19 heavy (non-hydrogen) atoms. The number of aryl methyl sites for hydroxylation is 3. The van der Waals surface area contributed by atoms with Gasteiger partial charge in [0.1, 0.15) is 0 Å². The number of sulfonamides is 1. The summed E-state index contributed by atoms with van der Waals surface area (Å²) in [6, 6.07) is 2.94. The second-order valence-corrected chi connectivity index (χ2v) is 6.50. The first-order valence-corrected chi connectivity index (χ1v) is 7.44. The number of rotatable bonds is 5. The molecule has 0 amide bonds. The average Bonchev–Trinajstić information content (AvgIpc) is 2.10. The molecule has 0 saturated heterocycles. The van der Waals surface area contributed by atoms with Gasteiger partial charge in [0, 0.05) is 6.04 Å². The van der Waals surface area contributed by atoms with Crippen LogP contribution in [0, 0.1) is 20.8 Å². The maximum Gasteiger partial charge on any atom is 0.304 e.